The number of amides is 1. The van der Waals surface area contributed by atoms with Gasteiger partial charge in [-0.15, -0.1) is 0 Å². The molecule has 0 unspecified atom stereocenters. The Morgan fingerprint density at radius 3 is 2.29 bits per heavy atom. The smallest absolute Gasteiger partial charge is 0.251 e. The number of ether oxygens (including phenoxy) is 3. The molecule has 0 aliphatic carbocycles. The zero-order chi connectivity index (χ0) is 24.1. The standard InChI is InChI=1S/C27H29FN2O4/c1-32-22-10-6-19(7-11-22)27(31)29-16-24-23-15-26(34-3)25(33-2)14-20(23)12-13-30(24)17-18-4-8-21(28)9-5-18/h4-11,14-15,24H,12-13,16-17H2,1-3H3,(H,29,31)/t24-/m0/s1. The second-order valence-electron chi connectivity index (χ2n) is 8.21. The summed E-state index contributed by atoms with van der Waals surface area (Å²) in [5.74, 6) is 1.62. The van der Waals surface area contributed by atoms with Crippen LogP contribution in [0.4, 0.5) is 4.39 Å². The summed E-state index contributed by atoms with van der Waals surface area (Å²) in [6.45, 7) is 1.84. The maximum Gasteiger partial charge on any atom is 0.251 e. The van der Waals surface area contributed by atoms with E-state index in [0.29, 0.717) is 35.9 Å². The summed E-state index contributed by atoms with van der Waals surface area (Å²) in [4.78, 5) is 15.2. The van der Waals surface area contributed by atoms with Crippen LogP contribution < -0.4 is 19.5 Å². The summed E-state index contributed by atoms with van der Waals surface area (Å²) >= 11 is 0. The molecule has 1 aliphatic heterocycles. The third-order valence-corrected chi connectivity index (χ3v) is 6.22. The average Bonchev–Trinajstić information content (AvgIpc) is 2.88. The minimum atomic E-state index is -0.257. The van der Waals surface area contributed by atoms with E-state index in [9.17, 15) is 9.18 Å². The van der Waals surface area contributed by atoms with Gasteiger partial charge in [-0.25, -0.2) is 4.39 Å². The number of fused-ring (bicyclic) bond motifs is 1. The number of halogens is 1. The number of hydrogen-bond acceptors (Lipinski definition) is 5. The minimum Gasteiger partial charge on any atom is -0.497 e. The molecule has 1 N–H and O–H groups in total. The van der Waals surface area contributed by atoms with Crippen LogP contribution in [-0.4, -0.2) is 45.2 Å². The molecule has 0 saturated carbocycles. The molecule has 0 bridgehead atoms. The first-order valence-corrected chi connectivity index (χ1v) is 11.2. The normalized spacial score (nSPS) is 15.4. The van der Waals surface area contributed by atoms with Gasteiger partial charge in [0.05, 0.1) is 27.4 Å². The second-order valence-corrected chi connectivity index (χ2v) is 8.21. The van der Waals surface area contributed by atoms with Gasteiger partial charge in [0.25, 0.3) is 5.91 Å². The van der Waals surface area contributed by atoms with Crippen LogP contribution in [0.1, 0.15) is 33.1 Å². The molecule has 3 aromatic carbocycles. The zero-order valence-electron chi connectivity index (χ0n) is 19.6. The van der Waals surface area contributed by atoms with E-state index in [1.54, 1.807) is 57.7 Å². The van der Waals surface area contributed by atoms with Crippen LogP contribution in [0.5, 0.6) is 17.2 Å². The summed E-state index contributed by atoms with van der Waals surface area (Å²) in [7, 11) is 4.83. The summed E-state index contributed by atoms with van der Waals surface area (Å²) in [5, 5.41) is 3.08. The Hall–Kier alpha value is -3.58. The zero-order valence-corrected chi connectivity index (χ0v) is 19.6. The number of rotatable bonds is 8. The van der Waals surface area contributed by atoms with E-state index in [4.69, 9.17) is 14.2 Å². The number of nitrogens with zero attached hydrogens (tertiary/aromatic N) is 1. The molecular formula is C27H29FN2O4. The molecule has 0 aromatic heterocycles. The molecule has 178 valence electrons. The van der Waals surface area contributed by atoms with Gasteiger partial charge in [0.1, 0.15) is 11.6 Å². The van der Waals surface area contributed by atoms with Gasteiger partial charge >= 0.3 is 0 Å². The molecule has 0 spiro atoms. The van der Waals surface area contributed by atoms with Gasteiger partial charge in [-0.2, -0.15) is 0 Å². The van der Waals surface area contributed by atoms with Gasteiger partial charge in [-0.05, 0) is 71.6 Å². The summed E-state index contributed by atoms with van der Waals surface area (Å²) < 4.78 is 29.6. The summed E-state index contributed by atoms with van der Waals surface area (Å²) in [6, 6.07) is 17.5. The molecule has 4 rings (SSSR count). The minimum absolute atomic E-state index is 0.0872. The quantitative estimate of drug-likeness (QED) is 0.536. The fourth-order valence-corrected chi connectivity index (χ4v) is 4.37. The van der Waals surface area contributed by atoms with E-state index in [1.807, 2.05) is 12.1 Å². The Kier molecular flexibility index (Phi) is 7.33. The highest BCUT2D eigenvalue weighted by molar-refractivity contribution is 5.94. The van der Waals surface area contributed by atoms with Crippen LogP contribution in [0.3, 0.4) is 0 Å². The van der Waals surface area contributed by atoms with Gasteiger partial charge in [0, 0.05) is 25.2 Å². The lowest BCUT2D eigenvalue weighted by molar-refractivity contribution is 0.0925. The lowest BCUT2D eigenvalue weighted by Crippen LogP contribution is -2.41. The molecular weight excluding hydrogens is 435 g/mol. The number of carbonyl (C=O) groups excluding carboxylic acids is 1. The lowest BCUT2D eigenvalue weighted by Gasteiger charge is -2.38. The number of hydrogen-bond donors (Lipinski definition) is 1. The molecule has 1 heterocycles. The highest BCUT2D eigenvalue weighted by atomic mass is 19.1. The summed E-state index contributed by atoms with van der Waals surface area (Å²) in [6.07, 6.45) is 0.833. The number of methoxy groups -OCH3 is 3. The van der Waals surface area contributed by atoms with Crippen LogP contribution in [0.25, 0.3) is 0 Å². The molecule has 1 atom stereocenters. The molecule has 0 saturated heterocycles. The SMILES string of the molecule is COc1ccc(C(=O)NC[C@H]2c3cc(OC)c(OC)cc3CCN2Cc2ccc(F)cc2)cc1. The van der Waals surface area contributed by atoms with Crippen molar-refractivity contribution in [1.82, 2.24) is 10.2 Å². The molecule has 7 heteroatoms. The highest BCUT2D eigenvalue weighted by Gasteiger charge is 2.29. The van der Waals surface area contributed by atoms with E-state index in [1.165, 1.54) is 12.1 Å². The number of nitrogens with one attached hydrogen (secondary N) is 1. The van der Waals surface area contributed by atoms with Crippen molar-refractivity contribution in [2.75, 3.05) is 34.4 Å². The lowest BCUT2D eigenvalue weighted by atomic mass is 9.91. The van der Waals surface area contributed by atoms with E-state index in [-0.39, 0.29) is 17.8 Å². The van der Waals surface area contributed by atoms with E-state index in [2.05, 4.69) is 10.2 Å². The first kappa shape index (κ1) is 23.6. The van der Waals surface area contributed by atoms with Crippen molar-refractivity contribution in [2.24, 2.45) is 0 Å². The van der Waals surface area contributed by atoms with Crippen molar-refractivity contribution in [3.05, 3.63) is 88.7 Å². The molecule has 34 heavy (non-hydrogen) atoms. The maximum atomic E-state index is 13.4. The Morgan fingerprint density at radius 1 is 0.971 bits per heavy atom. The first-order valence-electron chi connectivity index (χ1n) is 11.2. The fourth-order valence-electron chi connectivity index (χ4n) is 4.37. The Morgan fingerprint density at radius 2 is 1.65 bits per heavy atom. The predicted octanol–water partition coefficient (Wildman–Crippen LogP) is 4.38. The molecule has 0 radical (unpaired) electrons. The van der Waals surface area contributed by atoms with Crippen LogP contribution in [0.15, 0.2) is 60.7 Å². The largest absolute Gasteiger partial charge is 0.497 e. The first-order chi connectivity index (χ1) is 16.5. The van der Waals surface area contributed by atoms with Crippen molar-refractivity contribution < 1.29 is 23.4 Å². The van der Waals surface area contributed by atoms with Crippen molar-refractivity contribution >= 4 is 5.91 Å². The Balaban J connectivity index is 1.60. The highest BCUT2D eigenvalue weighted by Crippen LogP contribution is 2.38. The third kappa shape index (κ3) is 5.15. The van der Waals surface area contributed by atoms with Crippen molar-refractivity contribution in [1.29, 1.82) is 0 Å². The maximum absolute atomic E-state index is 13.4. The predicted molar refractivity (Wildman–Crippen MR) is 128 cm³/mol. The Bertz CT molecular complexity index is 1130. The average molecular weight is 465 g/mol. The molecule has 1 aliphatic rings. The van der Waals surface area contributed by atoms with Crippen molar-refractivity contribution in [3.8, 4) is 17.2 Å². The number of carbonyl (C=O) groups is 1. The van der Waals surface area contributed by atoms with Gasteiger partial charge in [0.15, 0.2) is 11.5 Å². The molecule has 0 fully saturated rings. The van der Waals surface area contributed by atoms with E-state index in [0.717, 1.165) is 29.7 Å². The molecule has 6 nitrogen and oxygen atoms in total. The topological polar surface area (TPSA) is 60.0 Å². The number of benzene rings is 3. The third-order valence-electron chi connectivity index (χ3n) is 6.22. The fraction of sp³-hybridized carbons (Fsp3) is 0.296. The summed E-state index contributed by atoms with van der Waals surface area (Å²) in [5.41, 5.74) is 3.82. The van der Waals surface area contributed by atoms with Gasteiger partial charge in [-0.1, -0.05) is 12.1 Å². The van der Waals surface area contributed by atoms with Crippen molar-refractivity contribution in [3.63, 3.8) is 0 Å². The van der Waals surface area contributed by atoms with E-state index >= 15 is 0 Å². The Labute approximate surface area is 199 Å². The van der Waals surface area contributed by atoms with Gasteiger partial charge in [-0.3, -0.25) is 9.69 Å². The van der Waals surface area contributed by atoms with Gasteiger partial charge < -0.3 is 19.5 Å². The van der Waals surface area contributed by atoms with Gasteiger partial charge in [0.2, 0.25) is 0 Å². The van der Waals surface area contributed by atoms with Crippen LogP contribution in [-0.2, 0) is 13.0 Å². The van der Waals surface area contributed by atoms with Crippen LogP contribution >= 0.6 is 0 Å². The van der Waals surface area contributed by atoms with Crippen LogP contribution in [0, 0.1) is 5.82 Å². The van der Waals surface area contributed by atoms with E-state index < -0.39 is 0 Å². The second kappa shape index (κ2) is 10.6. The van der Waals surface area contributed by atoms with Crippen molar-refractivity contribution in [2.45, 2.75) is 19.0 Å². The monoisotopic (exact) mass is 464 g/mol. The molecule has 1 amide bonds. The van der Waals surface area contributed by atoms with Crippen LogP contribution in [0.2, 0.25) is 0 Å². The molecule has 3 aromatic rings.